The van der Waals surface area contributed by atoms with Crippen molar-refractivity contribution in [3.63, 3.8) is 0 Å². The molecule has 0 aromatic rings. The van der Waals surface area contributed by atoms with Crippen molar-refractivity contribution in [2.24, 2.45) is 16.7 Å². The smallest absolute Gasteiger partial charge is 0.0372 e. The second kappa shape index (κ2) is 6.37. The number of nitrogens with zero attached hydrogens (tertiary/aromatic N) is 2. The molecule has 146 valence electrons. The van der Waals surface area contributed by atoms with Gasteiger partial charge in [0, 0.05) is 17.6 Å². The van der Waals surface area contributed by atoms with Crippen LogP contribution in [0.5, 0.6) is 0 Å². The van der Waals surface area contributed by atoms with Crippen LogP contribution in [0.3, 0.4) is 0 Å². The monoisotopic (exact) mass is 348 g/mol. The second-order valence-corrected chi connectivity index (χ2v) is 11.5. The first kappa shape index (κ1) is 21.0. The fourth-order valence-electron chi connectivity index (χ4n) is 6.40. The van der Waals surface area contributed by atoms with Crippen LogP contribution in [0.15, 0.2) is 11.1 Å². The summed E-state index contributed by atoms with van der Waals surface area (Å²) in [5, 5.41) is 0. The van der Waals surface area contributed by atoms with Crippen LogP contribution in [0.25, 0.3) is 0 Å². The molecule has 0 radical (unpaired) electrons. The van der Waals surface area contributed by atoms with E-state index in [0.717, 1.165) is 12.5 Å². The van der Waals surface area contributed by atoms with Gasteiger partial charge >= 0.3 is 0 Å². The quantitative estimate of drug-likeness (QED) is 0.613. The van der Waals surface area contributed by atoms with Gasteiger partial charge in [0.15, 0.2) is 0 Å². The third-order valence-electron chi connectivity index (χ3n) is 7.26. The molecule has 2 rings (SSSR count). The van der Waals surface area contributed by atoms with Crippen LogP contribution in [0.4, 0.5) is 0 Å². The summed E-state index contributed by atoms with van der Waals surface area (Å²) >= 11 is 0. The zero-order chi connectivity index (χ0) is 19.4. The lowest BCUT2D eigenvalue weighted by Gasteiger charge is -2.45. The first-order valence-corrected chi connectivity index (χ1v) is 10.3. The number of rotatable bonds is 3. The Labute approximate surface area is 158 Å². The van der Waals surface area contributed by atoms with Crippen LogP contribution in [-0.2, 0) is 0 Å². The van der Waals surface area contributed by atoms with E-state index in [1.165, 1.54) is 25.9 Å². The molecule has 25 heavy (non-hydrogen) atoms. The van der Waals surface area contributed by atoms with Gasteiger partial charge in [-0.1, -0.05) is 54.0 Å². The molecule has 0 aromatic heterocycles. The predicted octanol–water partition coefficient (Wildman–Crippen LogP) is 5.59. The lowest BCUT2D eigenvalue weighted by atomic mass is 9.66. The molecule has 0 aromatic carbocycles. The molecule has 0 N–H and O–H groups in total. The lowest BCUT2D eigenvalue weighted by Crippen LogP contribution is -2.49. The van der Waals surface area contributed by atoms with Crippen LogP contribution >= 0.6 is 0 Å². The van der Waals surface area contributed by atoms with Gasteiger partial charge in [-0.2, -0.15) is 0 Å². The zero-order valence-electron chi connectivity index (χ0n) is 19.0. The maximum absolute atomic E-state index is 2.77. The molecule has 0 aliphatic carbocycles. The molecule has 1 saturated heterocycles. The van der Waals surface area contributed by atoms with E-state index in [-0.39, 0.29) is 16.5 Å². The van der Waals surface area contributed by atoms with E-state index >= 15 is 0 Å². The number of hydrogen-bond acceptors (Lipinski definition) is 2. The Morgan fingerprint density at radius 3 is 2.04 bits per heavy atom. The Balaban J connectivity index is 2.49. The molecule has 0 amide bonds. The normalized spacial score (nSPS) is 32.0. The highest BCUT2D eigenvalue weighted by molar-refractivity contribution is 5.37. The Kier molecular flexibility index (Phi) is 5.34. The average Bonchev–Trinajstić information content (AvgIpc) is 2.82. The van der Waals surface area contributed by atoms with Gasteiger partial charge in [0.2, 0.25) is 0 Å². The van der Waals surface area contributed by atoms with Gasteiger partial charge in [0.05, 0.1) is 0 Å². The van der Waals surface area contributed by atoms with Crippen molar-refractivity contribution >= 4 is 0 Å². The molecule has 2 heteroatoms. The SMILES string of the molecule is CCN1CCC(C(C)(C)C)C1(C)CC1=C(C(C)(C)C)C(C)(C)N(C)C1. The fourth-order valence-corrected chi connectivity index (χ4v) is 6.40. The minimum atomic E-state index is 0.164. The summed E-state index contributed by atoms with van der Waals surface area (Å²) in [5.74, 6) is 0.752. The summed E-state index contributed by atoms with van der Waals surface area (Å²) in [6.45, 7) is 27.8. The summed E-state index contributed by atoms with van der Waals surface area (Å²) in [7, 11) is 2.30. The van der Waals surface area contributed by atoms with Crippen molar-refractivity contribution in [2.45, 2.75) is 93.2 Å². The van der Waals surface area contributed by atoms with Crippen molar-refractivity contribution in [1.29, 1.82) is 0 Å². The molecule has 2 aliphatic rings. The van der Waals surface area contributed by atoms with Gasteiger partial charge in [-0.25, -0.2) is 0 Å². The molecule has 1 fully saturated rings. The van der Waals surface area contributed by atoms with Crippen molar-refractivity contribution in [1.82, 2.24) is 9.80 Å². The first-order chi connectivity index (χ1) is 11.2. The van der Waals surface area contributed by atoms with E-state index in [2.05, 4.69) is 86.1 Å². The third kappa shape index (κ3) is 3.58. The van der Waals surface area contributed by atoms with Crippen molar-refractivity contribution in [3.8, 4) is 0 Å². The highest BCUT2D eigenvalue weighted by Crippen LogP contribution is 2.52. The molecule has 2 atom stereocenters. The molecule has 0 saturated carbocycles. The predicted molar refractivity (Wildman–Crippen MR) is 111 cm³/mol. The Bertz CT molecular complexity index is 529. The van der Waals surface area contributed by atoms with E-state index < -0.39 is 0 Å². The van der Waals surface area contributed by atoms with Crippen molar-refractivity contribution in [2.75, 3.05) is 26.7 Å². The van der Waals surface area contributed by atoms with Gasteiger partial charge in [-0.15, -0.1) is 0 Å². The molecule has 0 spiro atoms. The summed E-state index contributed by atoms with van der Waals surface area (Å²) in [6, 6.07) is 0. The molecule has 0 bridgehead atoms. The Morgan fingerprint density at radius 2 is 1.60 bits per heavy atom. The highest BCUT2D eigenvalue weighted by atomic mass is 15.2. The number of likely N-dealkylation sites (tertiary alicyclic amines) is 1. The molecule has 2 heterocycles. The van der Waals surface area contributed by atoms with Crippen LogP contribution in [0, 0.1) is 16.7 Å². The van der Waals surface area contributed by atoms with Gasteiger partial charge in [-0.05, 0) is 76.1 Å². The van der Waals surface area contributed by atoms with Gasteiger partial charge in [-0.3, -0.25) is 9.80 Å². The summed E-state index contributed by atoms with van der Waals surface area (Å²) < 4.78 is 0. The minimum Gasteiger partial charge on any atom is -0.298 e. The van der Waals surface area contributed by atoms with Crippen LogP contribution in [0.1, 0.15) is 82.1 Å². The highest BCUT2D eigenvalue weighted by Gasteiger charge is 2.51. The van der Waals surface area contributed by atoms with Crippen LogP contribution in [-0.4, -0.2) is 47.6 Å². The first-order valence-electron chi connectivity index (χ1n) is 10.3. The Hall–Kier alpha value is -0.340. The number of hydrogen-bond donors (Lipinski definition) is 0. The fraction of sp³-hybridized carbons (Fsp3) is 0.913. The van der Waals surface area contributed by atoms with E-state index in [0.29, 0.717) is 5.41 Å². The molecule has 2 aliphatic heterocycles. The zero-order valence-corrected chi connectivity index (χ0v) is 19.0. The number of likely N-dealkylation sites (N-methyl/N-ethyl adjacent to an activating group) is 1. The largest absolute Gasteiger partial charge is 0.298 e. The average molecular weight is 349 g/mol. The third-order valence-corrected chi connectivity index (χ3v) is 7.26. The molecule has 2 nitrogen and oxygen atoms in total. The Morgan fingerprint density at radius 1 is 1.04 bits per heavy atom. The summed E-state index contributed by atoms with van der Waals surface area (Å²) in [4.78, 5) is 5.32. The van der Waals surface area contributed by atoms with E-state index in [4.69, 9.17) is 0 Å². The molecular weight excluding hydrogens is 304 g/mol. The van der Waals surface area contributed by atoms with Gasteiger partial charge in [0.1, 0.15) is 0 Å². The standard InChI is InChI=1S/C23H44N2/c1-12-25-14-13-18(20(2,3)4)23(25,10)15-17-16-24(11)22(8,9)19(17)21(5,6)7/h18H,12-16H2,1-11H3. The van der Waals surface area contributed by atoms with Gasteiger partial charge in [0.25, 0.3) is 0 Å². The van der Waals surface area contributed by atoms with Gasteiger partial charge < -0.3 is 0 Å². The maximum Gasteiger partial charge on any atom is 0.0372 e. The second-order valence-electron chi connectivity index (χ2n) is 11.5. The topological polar surface area (TPSA) is 6.48 Å². The maximum atomic E-state index is 2.77. The van der Waals surface area contributed by atoms with E-state index in [1.54, 1.807) is 11.1 Å². The molecule has 2 unspecified atom stereocenters. The van der Waals surface area contributed by atoms with Crippen LogP contribution in [0.2, 0.25) is 0 Å². The molecular formula is C23H44N2. The van der Waals surface area contributed by atoms with Crippen molar-refractivity contribution in [3.05, 3.63) is 11.1 Å². The summed E-state index contributed by atoms with van der Waals surface area (Å²) in [5.41, 5.74) is 4.42. The minimum absolute atomic E-state index is 0.164. The van der Waals surface area contributed by atoms with Crippen LogP contribution < -0.4 is 0 Å². The lowest BCUT2D eigenvalue weighted by molar-refractivity contribution is 0.0661. The summed E-state index contributed by atoms with van der Waals surface area (Å²) in [6.07, 6.45) is 2.56. The van der Waals surface area contributed by atoms with Crippen molar-refractivity contribution < 1.29 is 0 Å². The van der Waals surface area contributed by atoms with E-state index in [1.807, 2.05) is 0 Å². The van der Waals surface area contributed by atoms with E-state index in [9.17, 15) is 0 Å².